The van der Waals surface area contributed by atoms with Crippen LogP contribution in [0.1, 0.15) is 31.6 Å². The summed E-state index contributed by atoms with van der Waals surface area (Å²) in [5, 5.41) is 5.95. The van der Waals surface area contributed by atoms with E-state index in [4.69, 9.17) is 10.3 Å². The van der Waals surface area contributed by atoms with E-state index in [9.17, 15) is 4.79 Å². The van der Waals surface area contributed by atoms with Gasteiger partial charge in [0.25, 0.3) is 0 Å². The van der Waals surface area contributed by atoms with Crippen molar-refractivity contribution in [2.45, 2.75) is 38.1 Å². The van der Waals surface area contributed by atoms with Crippen LogP contribution in [0.25, 0.3) is 10.7 Å². The third-order valence-electron chi connectivity index (χ3n) is 3.80. The maximum Gasteiger partial charge on any atom is 0.226 e. The molecule has 6 nitrogen and oxygen atoms in total. The van der Waals surface area contributed by atoms with Crippen LogP contribution < -0.4 is 5.73 Å². The molecule has 2 N–H and O–H groups in total. The van der Waals surface area contributed by atoms with Crippen LogP contribution in [-0.4, -0.2) is 40.1 Å². The molecule has 1 aliphatic heterocycles. The average Bonchev–Trinajstić information content (AvgIpc) is 3.18. The zero-order valence-corrected chi connectivity index (χ0v) is 14.4. The topological polar surface area (TPSA) is 85.2 Å². The van der Waals surface area contributed by atoms with Gasteiger partial charge in [-0.1, -0.05) is 11.2 Å². The number of aromatic nitrogens is 2. The Morgan fingerprint density at radius 3 is 3.13 bits per heavy atom. The van der Waals surface area contributed by atoms with Crippen molar-refractivity contribution in [1.82, 2.24) is 15.0 Å². The van der Waals surface area contributed by atoms with E-state index in [-0.39, 0.29) is 24.4 Å². The summed E-state index contributed by atoms with van der Waals surface area (Å²) in [4.78, 5) is 19.4. The van der Waals surface area contributed by atoms with Crippen molar-refractivity contribution in [1.29, 1.82) is 0 Å². The van der Waals surface area contributed by atoms with Gasteiger partial charge in [0.15, 0.2) is 0 Å². The van der Waals surface area contributed by atoms with Gasteiger partial charge in [-0.15, -0.1) is 23.7 Å². The van der Waals surface area contributed by atoms with Crippen molar-refractivity contribution in [2.24, 2.45) is 5.73 Å². The van der Waals surface area contributed by atoms with Crippen LogP contribution >= 0.6 is 23.7 Å². The second kappa shape index (κ2) is 8.42. The SMILES string of the molecule is Cl.NC1CCCN(C(=O)CCCc2nc(-c3cccs3)no2)C1. The molecule has 1 unspecified atom stereocenters. The highest BCUT2D eigenvalue weighted by Crippen LogP contribution is 2.21. The normalized spacial score (nSPS) is 17.8. The third-order valence-corrected chi connectivity index (χ3v) is 4.67. The fourth-order valence-electron chi connectivity index (χ4n) is 2.65. The quantitative estimate of drug-likeness (QED) is 0.889. The number of hydrogen-bond donors (Lipinski definition) is 1. The molecule has 126 valence electrons. The number of carbonyl (C=O) groups is 1. The van der Waals surface area contributed by atoms with Gasteiger partial charge in [0.05, 0.1) is 4.88 Å². The summed E-state index contributed by atoms with van der Waals surface area (Å²) in [7, 11) is 0. The number of likely N-dealkylation sites (tertiary alicyclic amines) is 1. The molecule has 0 spiro atoms. The second-order valence-corrected chi connectivity index (χ2v) is 6.53. The fraction of sp³-hybridized carbons (Fsp3) is 0.533. The summed E-state index contributed by atoms with van der Waals surface area (Å²) >= 11 is 1.58. The summed E-state index contributed by atoms with van der Waals surface area (Å²) in [6.45, 7) is 1.51. The van der Waals surface area contributed by atoms with Gasteiger partial charge in [-0.3, -0.25) is 4.79 Å². The van der Waals surface area contributed by atoms with E-state index < -0.39 is 0 Å². The van der Waals surface area contributed by atoms with Gasteiger partial charge in [0.1, 0.15) is 0 Å². The minimum Gasteiger partial charge on any atom is -0.341 e. The molecule has 1 amide bonds. The molecule has 1 saturated heterocycles. The van der Waals surface area contributed by atoms with Crippen LogP contribution in [-0.2, 0) is 11.2 Å². The van der Waals surface area contributed by atoms with Crippen molar-refractivity contribution in [3.05, 3.63) is 23.4 Å². The van der Waals surface area contributed by atoms with E-state index in [1.807, 2.05) is 22.4 Å². The van der Waals surface area contributed by atoms with Gasteiger partial charge in [-0.2, -0.15) is 4.98 Å². The van der Waals surface area contributed by atoms with E-state index in [0.29, 0.717) is 31.1 Å². The van der Waals surface area contributed by atoms with Gasteiger partial charge in [0, 0.05) is 32.0 Å². The molecule has 0 saturated carbocycles. The first-order chi connectivity index (χ1) is 10.7. The summed E-state index contributed by atoms with van der Waals surface area (Å²) in [6.07, 6.45) is 3.86. The summed E-state index contributed by atoms with van der Waals surface area (Å²) in [5.74, 6) is 1.39. The van der Waals surface area contributed by atoms with E-state index in [1.165, 1.54) is 0 Å². The Hall–Kier alpha value is -1.44. The van der Waals surface area contributed by atoms with E-state index in [0.717, 1.165) is 30.7 Å². The molecule has 0 radical (unpaired) electrons. The minimum absolute atomic E-state index is 0. The van der Waals surface area contributed by atoms with E-state index >= 15 is 0 Å². The number of rotatable bonds is 5. The number of hydrogen-bond acceptors (Lipinski definition) is 6. The summed E-state index contributed by atoms with van der Waals surface area (Å²) in [6, 6.07) is 4.04. The Morgan fingerprint density at radius 2 is 2.39 bits per heavy atom. The van der Waals surface area contributed by atoms with Crippen molar-refractivity contribution in [3.63, 3.8) is 0 Å². The highest BCUT2D eigenvalue weighted by atomic mass is 35.5. The largest absolute Gasteiger partial charge is 0.341 e. The molecule has 0 aromatic carbocycles. The minimum atomic E-state index is 0. The summed E-state index contributed by atoms with van der Waals surface area (Å²) < 4.78 is 5.23. The van der Waals surface area contributed by atoms with Crippen molar-refractivity contribution < 1.29 is 9.32 Å². The van der Waals surface area contributed by atoms with Crippen molar-refractivity contribution >= 4 is 29.7 Å². The molecule has 23 heavy (non-hydrogen) atoms. The lowest BCUT2D eigenvalue weighted by molar-refractivity contribution is -0.132. The summed E-state index contributed by atoms with van der Waals surface area (Å²) in [5.41, 5.74) is 5.91. The first kappa shape index (κ1) is 17.9. The number of carbonyl (C=O) groups excluding carboxylic acids is 1. The van der Waals surface area contributed by atoms with Gasteiger partial charge >= 0.3 is 0 Å². The zero-order chi connectivity index (χ0) is 15.4. The molecule has 8 heteroatoms. The van der Waals surface area contributed by atoms with Crippen LogP contribution in [0.3, 0.4) is 0 Å². The lowest BCUT2D eigenvalue weighted by Gasteiger charge is -2.30. The lowest BCUT2D eigenvalue weighted by atomic mass is 10.1. The monoisotopic (exact) mass is 356 g/mol. The number of piperidine rings is 1. The predicted octanol–water partition coefficient (Wildman–Crippen LogP) is 2.49. The fourth-order valence-corrected chi connectivity index (χ4v) is 3.30. The van der Waals surface area contributed by atoms with Gasteiger partial charge in [0.2, 0.25) is 17.6 Å². The van der Waals surface area contributed by atoms with Gasteiger partial charge in [-0.25, -0.2) is 0 Å². The Balaban J connectivity index is 0.00000192. The molecule has 0 aliphatic carbocycles. The molecule has 3 rings (SSSR count). The number of halogens is 1. The first-order valence-electron chi connectivity index (χ1n) is 7.62. The van der Waals surface area contributed by atoms with Gasteiger partial charge < -0.3 is 15.2 Å². The van der Waals surface area contributed by atoms with E-state index in [2.05, 4.69) is 10.1 Å². The molecule has 1 atom stereocenters. The van der Waals surface area contributed by atoms with E-state index in [1.54, 1.807) is 11.3 Å². The Kier molecular flexibility index (Phi) is 6.56. The molecular weight excluding hydrogens is 336 g/mol. The number of thiophene rings is 1. The molecule has 2 aromatic heterocycles. The predicted molar refractivity (Wildman–Crippen MR) is 91.6 cm³/mol. The number of nitrogens with two attached hydrogens (primary N) is 1. The number of amides is 1. The average molecular weight is 357 g/mol. The number of aryl methyl sites for hydroxylation is 1. The van der Waals surface area contributed by atoms with Crippen LogP contribution in [0, 0.1) is 0 Å². The van der Waals surface area contributed by atoms with Crippen molar-refractivity contribution in [3.8, 4) is 10.7 Å². The Bertz CT molecular complexity index is 617. The molecule has 2 aromatic rings. The lowest BCUT2D eigenvalue weighted by Crippen LogP contribution is -2.45. The highest BCUT2D eigenvalue weighted by Gasteiger charge is 2.21. The third kappa shape index (κ3) is 4.76. The molecule has 1 fully saturated rings. The smallest absolute Gasteiger partial charge is 0.226 e. The van der Waals surface area contributed by atoms with Crippen LogP contribution in [0.4, 0.5) is 0 Å². The Morgan fingerprint density at radius 1 is 1.52 bits per heavy atom. The molecule has 0 bridgehead atoms. The maximum absolute atomic E-state index is 12.1. The molecular formula is C15H21ClN4O2S. The van der Waals surface area contributed by atoms with Crippen LogP contribution in [0.2, 0.25) is 0 Å². The maximum atomic E-state index is 12.1. The first-order valence-corrected chi connectivity index (χ1v) is 8.50. The standard InChI is InChI=1S/C15H20N4O2S.ClH/c16-11-4-2-8-19(10-11)14(20)7-1-6-13-17-15(18-21-13)12-5-3-9-22-12;/h3,5,9,11H,1-2,4,6-8,10,16H2;1H. The Labute approximate surface area is 145 Å². The van der Waals surface area contributed by atoms with Crippen molar-refractivity contribution in [2.75, 3.05) is 13.1 Å². The van der Waals surface area contributed by atoms with Gasteiger partial charge in [-0.05, 0) is 30.7 Å². The zero-order valence-electron chi connectivity index (χ0n) is 12.8. The highest BCUT2D eigenvalue weighted by molar-refractivity contribution is 7.13. The molecule has 1 aliphatic rings. The van der Waals surface area contributed by atoms with Crippen LogP contribution in [0.15, 0.2) is 22.0 Å². The second-order valence-electron chi connectivity index (χ2n) is 5.58. The number of nitrogens with zero attached hydrogens (tertiary/aromatic N) is 3. The molecule has 3 heterocycles. The van der Waals surface area contributed by atoms with Crippen LogP contribution in [0.5, 0.6) is 0 Å².